The second kappa shape index (κ2) is 39.4. The van der Waals surface area contributed by atoms with Gasteiger partial charge in [-0.2, -0.15) is 9.97 Å². The van der Waals surface area contributed by atoms with E-state index in [4.69, 9.17) is 39.1 Å². The number of ether oxygens (including phenoxy) is 6. The number of nitrogens with two attached hydrogens (primary N) is 1. The van der Waals surface area contributed by atoms with Gasteiger partial charge in [0.2, 0.25) is 35.5 Å². The van der Waals surface area contributed by atoms with Crippen LogP contribution in [0.3, 0.4) is 0 Å². The molecule has 522 valence electrons. The molecule has 4 heterocycles. The minimum atomic E-state index is -0.903. The maximum atomic E-state index is 14.8. The van der Waals surface area contributed by atoms with Gasteiger partial charge >= 0.3 is 6.09 Å². The van der Waals surface area contributed by atoms with Crippen molar-refractivity contribution in [3.8, 4) is 11.6 Å². The molecule has 6 amide bonds. The normalized spacial score (nSPS) is 16.9. The summed E-state index contributed by atoms with van der Waals surface area (Å²) in [6.07, 6.45) is 7.99. The number of benzene rings is 2. The predicted molar refractivity (Wildman–Crippen MR) is 359 cm³/mol. The van der Waals surface area contributed by atoms with Gasteiger partial charge in [-0.25, -0.2) is 20.2 Å². The van der Waals surface area contributed by atoms with Crippen LogP contribution in [-0.4, -0.2) is 186 Å². The Balaban J connectivity index is 0.746. The smallest absolute Gasteiger partial charge is 0.426 e. The molecule has 28 heteroatoms. The lowest BCUT2D eigenvalue weighted by atomic mass is 9.79. The number of carbonyl (C=O) groups excluding carboxylic acids is 6. The van der Waals surface area contributed by atoms with Crippen LogP contribution in [0.2, 0.25) is 0 Å². The number of fused-ring (bicyclic) bond motifs is 2. The van der Waals surface area contributed by atoms with Crippen molar-refractivity contribution in [2.75, 3.05) is 91.8 Å². The fourth-order valence-corrected chi connectivity index (χ4v) is 12.4. The highest BCUT2D eigenvalue weighted by Gasteiger charge is 2.39. The van der Waals surface area contributed by atoms with Crippen molar-refractivity contribution in [1.82, 2.24) is 66.8 Å². The highest BCUT2D eigenvalue weighted by Crippen LogP contribution is 2.36. The summed E-state index contributed by atoms with van der Waals surface area (Å²) in [6.45, 7) is 18.0. The number of amides is 6. The minimum absolute atomic E-state index is 0.00616. The van der Waals surface area contributed by atoms with Crippen LogP contribution < -0.4 is 42.6 Å². The maximum absolute atomic E-state index is 14.8. The summed E-state index contributed by atoms with van der Waals surface area (Å²) < 4.78 is 34.3. The molecule has 0 bridgehead atoms. The number of nitrogens with one attached hydrogen (secondary N) is 7. The third-order valence-electron chi connectivity index (χ3n) is 17.0. The number of aromatic amines is 1. The number of hydrogen-bond acceptors (Lipinski definition) is 21. The van der Waals surface area contributed by atoms with E-state index >= 15 is 0 Å². The molecule has 95 heavy (non-hydrogen) atoms. The summed E-state index contributed by atoms with van der Waals surface area (Å²) in [5, 5.41) is 25.3. The molecule has 0 unspecified atom stereocenters. The Morgan fingerprint density at radius 2 is 1.60 bits per heavy atom. The number of phenols is 1. The molecule has 2 aromatic carbocycles. The summed E-state index contributed by atoms with van der Waals surface area (Å²) in [6, 6.07) is 10.7. The molecule has 1 aliphatic heterocycles. The first-order valence-electron chi connectivity index (χ1n) is 33.6. The van der Waals surface area contributed by atoms with Crippen LogP contribution in [0.15, 0.2) is 54.2 Å². The van der Waals surface area contributed by atoms with Gasteiger partial charge in [-0.1, -0.05) is 84.7 Å². The number of nitrogens with zero attached hydrogens (tertiary/aromatic N) is 6. The lowest BCUT2D eigenvalue weighted by Gasteiger charge is -2.40. The van der Waals surface area contributed by atoms with E-state index < -0.39 is 42.0 Å². The van der Waals surface area contributed by atoms with Crippen LogP contribution in [-0.2, 0) is 62.4 Å². The monoisotopic (exact) mass is 1340 g/mol. The fourth-order valence-electron chi connectivity index (χ4n) is 11.6. The van der Waals surface area contributed by atoms with E-state index in [-0.39, 0.29) is 91.9 Å². The highest BCUT2D eigenvalue weighted by atomic mass is 32.1. The SMILES string of the molecule is CCCO[C@H](C[C@H](C(C)C)N(CCC)C(=O)[C@@H](NC(=O)[C@H]1CCCCN1C)[C@@H](C)CC)c1nc(C(=O)N[C@H]2Cc3ccc(O)cc3[C@H](C(=O)NNC(=O)OCCOCCOCCOCCNCCCCC(=O)NCc3ccc(COc4nc(N)nc5[nH]cnc45)cc3)C2)cs1. The Morgan fingerprint density at radius 1 is 0.853 bits per heavy atom. The second-order valence-corrected chi connectivity index (χ2v) is 25.5. The molecular weight excluding hydrogens is 1240 g/mol. The number of rotatable bonds is 40. The Morgan fingerprint density at radius 3 is 2.33 bits per heavy atom. The van der Waals surface area contributed by atoms with E-state index in [9.17, 15) is 33.9 Å². The molecule has 27 nitrogen and oxygen atoms in total. The molecule has 1 saturated heterocycles. The maximum Gasteiger partial charge on any atom is 0.426 e. The van der Waals surface area contributed by atoms with Crippen LogP contribution in [0.5, 0.6) is 11.6 Å². The van der Waals surface area contributed by atoms with Crippen LogP contribution >= 0.6 is 11.3 Å². The van der Waals surface area contributed by atoms with Crippen LogP contribution in [0.4, 0.5) is 10.7 Å². The van der Waals surface area contributed by atoms with Crippen molar-refractivity contribution >= 4 is 64.1 Å². The van der Waals surface area contributed by atoms with Gasteiger partial charge in [0.25, 0.3) is 5.91 Å². The van der Waals surface area contributed by atoms with E-state index in [1.54, 1.807) is 11.4 Å². The summed E-state index contributed by atoms with van der Waals surface area (Å²) in [5.41, 5.74) is 14.9. The number of nitrogen functional groups attached to an aromatic ring is 1. The summed E-state index contributed by atoms with van der Waals surface area (Å²) in [5.74, 6) is -1.81. The molecule has 2 aliphatic rings. The topological polar surface area (TPSA) is 350 Å². The number of anilines is 1. The molecule has 0 radical (unpaired) electrons. The molecule has 3 aromatic heterocycles. The van der Waals surface area contributed by atoms with Crippen molar-refractivity contribution in [2.45, 2.75) is 168 Å². The van der Waals surface area contributed by atoms with Gasteiger partial charge in [0.1, 0.15) is 41.8 Å². The average Bonchev–Trinajstić information content (AvgIpc) is 1.14. The number of imidazole rings is 1. The number of phenolic OH excluding ortho intramolecular Hbond substituents is 1. The van der Waals surface area contributed by atoms with Crippen LogP contribution in [0.1, 0.15) is 162 Å². The summed E-state index contributed by atoms with van der Waals surface area (Å²) in [4.78, 5) is 106. The van der Waals surface area contributed by atoms with Crippen molar-refractivity contribution in [3.05, 3.63) is 87.1 Å². The molecule has 10 N–H and O–H groups in total. The Kier molecular flexibility index (Phi) is 31.0. The first-order chi connectivity index (χ1) is 46.0. The summed E-state index contributed by atoms with van der Waals surface area (Å²) in [7, 11) is 1.97. The van der Waals surface area contributed by atoms with Crippen molar-refractivity contribution < 1.29 is 62.3 Å². The van der Waals surface area contributed by atoms with Gasteiger partial charge in [-0.05, 0) is 118 Å². The number of unbranched alkanes of at least 4 members (excludes halogenated alkanes) is 1. The average molecular weight is 1340 g/mol. The zero-order valence-corrected chi connectivity index (χ0v) is 57.0. The summed E-state index contributed by atoms with van der Waals surface area (Å²) >= 11 is 1.31. The number of likely N-dealkylation sites (tertiary alicyclic amines) is 1. The first kappa shape index (κ1) is 74.8. The second-order valence-electron chi connectivity index (χ2n) is 24.6. The predicted octanol–water partition coefficient (Wildman–Crippen LogP) is 6.52. The standard InChI is InChI=1S/C67H100N14O13S/c1-8-25-81(65(87)57(44(6)10-3)75-62(86)53-15-12-14-26-80(53)7)54(43(4)5)38-55(92-27-9-2)64-74-52(41-95-64)61(85)73-48-35-47-21-22-49(82)37-50(47)51(36-48)60(84)78-79-67(88)93-34-33-91-32-31-90-30-29-89-28-24-69-23-13-11-16-56(83)70-39-45-17-19-46(20-18-45)40-94-63-58-59(72-42-71-58)76-66(68)77-63/h17-22,37,41-44,48,51,53-55,57,69,82H,8-16,23-36,38-40H2,1-7H3,(H,70,83)(H,73,85)(H,75,86)(H,78,84)(H,79,88)(H3,68,71,72,76,77)/t44-,48-,51+,53+,54+,55+,57-/m0/s1. The number of H-pyrrole nitrogens is 1. The van der Waals surface area contributed by atoms with E-state index in [2.05, 4.69) is 70.8 Å². The number of likely N-dealkylation sites (N-methyl/N-ethyl adjacent to an activating group) is 1. The highest BCUT2D eigenvalue weighted by molar-refractivity contribution is 7.09. The number of thiazole rings is 1. The Bertz CT molecular complexity index is 3210. The minimum Gasteiger partial charge on any atom is -0.508 e. The van der Waals surface area contributed by atoms with Gasteiger partial charge < -0.3 is 70.4 Å². The van der Waals surface area contributed by atoms with Crippen LogP contribution in [0.25, 0.3) is 11.2 Å². The lowest BCUT2D eigenvalue weighted by molar-refractivity contribution is -0.143. The number of hydrogen-bond donors (Lipinski definition) is 9. The number of aromatic nitrogens is 5. The molecule has 1 aliphatic carbocycles. The number of aromatic hydroxyl groups is 1. The van der Waals surface area contributed by atoms with Crippen molar-refractivity contribution in [1.29, 1.82) is 0 Å². The van der Waals surface area contributed by atoms with E-state index in [1.165, 1.54) is 29.8 Å². The molecule has 5 aromatic rings. The van der Waals surface area contributed by atoms with E-state index in [1.807, 2.05) is 63.9 Å². The molecule has 7 atom stereocenters. The lowest BCUT2D eigenvalue weighted by Crippen LogP contribution is -2.58. The fraction of sp³-hybridized carbons (Fsp3) is 0.612. The zero-order valence-electron chi connectivity index (χ0n) is 56.2. The van der Waals surface area contributed by atoms with Gasteiger partial charge in [-0.15, -0.1) is 11.3 Å². The molecule has 7 rings (SSSR count). The molecule has 0 spiro atoms. The zero-order chi connectivity index (χ0) is 68.1. The van der Waals surface area contributed by atoms with Crippen molar-refractivity contribution in [2.24, 2.45) is 11.8 Å². The molecule has 0 saturated carbocycles. The van der Waals surface area contributed by atoms with Gasteiger partial charge in [-0.3, -0.25) is 34.3 Å². The Hall–Kier alpha value is -7.60. The molecular formula is C67H100N14O13S. The Labute approximate surface area is 561 Å². The first-order valence-corrected chi connectivity index (χ1v) is 34.5. The largest absolute Gasteiger partial charge is 0.508 e. The number of piperidine rings is 1. The van der Waals surface area contributed by atoms with Gasteiger partial charge in [0, 0.05) is 56.5 Å². The number of carbonyl (C=O) groups is 6. The van der Waals surface area contributed by atoms with Crippen LogP contribution in [0, 0.1) is 11.8 Å². The van der Waals surface area contributed by atoms with Gasteiger partial charge in [0.15, 0.2) is 11.2 Å². The number of hydrazine groups is 1. The molecule has 1 fully saturated rings. The quantitative estimate of drug-likeness (QED) is 0.0149. The van der Waals surface area contributed by atoms with E-state index in [0.29, 0.717) is 112 Å². The van der Waals surface area contributed by atoms with Gasteiger partial charge in [0.05, 0.1) is 57.9 Å². The third-order valence-corrected chi connectivity index (χ3v) is 17.9. The third kappa shape index (κ3) is 23.6. The van der Waals surface area contributed by atoms with Crippen molar-refractivity contribution in [3.63, 3.8) is 0 Å². The van der Waals surface area contributed by atoms with E-state index in [0.717, 1.165) is 68.3 Å².